The number of hydrogen-bond donors (Lipinski definition) is 1. The third-order valence-corrected chi connectivity index (χ3v) is 4.14. The summed E-state index contributed by atoms with van der Waals surface area (Å²) in [5.41, 5.74) is 0.780. The second-order valence-corrected chi connectivity index (χ2v) is 5.62. The van der Waals surface area contributed by atoms with Gasteiger partial charge in [-0.25, -0.2) is 4.39 Å². The molecule has 1 saturated carbocycles. The van der Waals surface area contributed by atoms with E-state index in [1.54, 1.807) is 12.1 Å². The van der Waals surface area contributed by atoms with E-state index in [9.17, 15) is 4.39 Å². The van der Waals surface area contributed by atoms with Crippen molar-refractivity contribution in [1.29, 1.82) is 0 Å². The van der Waals surface area contributed by atoms with Gasteiger partial charge in [-0.05, 0) is 32.3 Å². The monoisotopic (exact) mass is 248 g/mol. The summed E-state index contributed by atoms with van der Waals surface area (Å²) < 4.78 is 13.7. The first-order valence-electron chi connectivity index (χ1n) is 6.98. The van der Waals surface area contributed by atoms with Crippen LogP contribution >= 0.6 is 0 Å². The van der Waals surface area contributed by atoms with E-state index in [1.165, 1.54) is 25.8 Å². The summed E-state index contributed by atoms with van der Waals surface area (Å²) in [6.07, 6.45) is 3.93. The lowest BCUT2D eigenvalue weighted by Gasteiger charge is -2.21. The zero-order valence-corrected chi connectivity index (χ0v) is 10.9. The van der Waals surface area contributed by atoms with E-state index in [4.69, 9.17) is 0 Å². The molecule has 1 saturated heterocycles. The molecule has 98 valence electrons. The Bertz CT molecular complexity index is 417. The first-order chi connectivity index (χ1) is 8.74. The normalized spacial score (nSPS) is 26.4. The molecule has 0 aromatic heterocycles. The summed E-state index contributed by atoms with van der Waals surface area (Å²) in [5, 5.41) is 3.57. The number of hydrogen-bond acceptors (Lipinski definition) is 2. The van der Waals surface area contributed by atoms with E-state index < -0.39 is 0 Å². The van der Waals surface area contributed by atoms with E-state index in [1.807, 2.05) is 12.1 Å². The molecule has 2 atom stereocenters. The molecule has 1 N–H and O–H groups in total. The molecule has 0 bridgehead atoms. The number of rotatable bonds is 4. The van der Waals surface area contributed by atoms with E-state index in [0.29, 0.717) is 6.04 Å². The van der Waals surface area contributed by atoms with Crippen LogP contribution in [0.4, 0.5) is 4.39 Å². The highest BCUT2D eigenvalue weighted by atomic mass is 19.1. The van der Waals surface area contributed by atoms with Crippen LogP contribution in [-0.2, 0) is 0 Å². The summed E-state index contributed by atoms with van der Waals surface area (Å²) in [4.78, 5) is 2.58. The minimum absolute atomic E-state index is 0.0929. The maximum atomic E-state index is 13.7. The van der Waals surface area contributed by atoms with Crippen LogP contribution in [-0.4, -0.2) is 30.1 Å². The second-order valence-electron chi connectivity index (χ2n) is 5.62. The van der Waals surface area contributed by atoms with Crippen LogP contribution in [0.3, 0.4) is 0 Å². The largest absolute Gasteiger partial charge is 0.306 e. The summed E-state index contributed by atoms with van der Waals surface area (Å²) in [6.45, 7) is 4.38. The molecule has 1 aliphatic carbocycles. The predicted molar refractivity (Wildman–Crippen MR) is 71.0 cm³/mol. The Balaban J connectivity index is 1.58. The first-order valence-corrected chi connectivity index (χ1v) is 6.98. The molecule has 2 aliphatic rings. The van der Waals surface area contributed by atoms with Crippen LogP contribution in [0.1, 0.15) is 37.8 Å². The lowest BCUT2D eigenvalue weighted by Crippen LogP contribution is -2.35. The van der Waals surface area contributed by atoms with E-state index in [-0.39, 0.29) is 11.9 Å². The smallest absolute Gasteiger partial charge is 0.127 e. The number of halogens is 1. The maximum Gasteiger partial charge on any atom is 0.127 e. The molecule has 2 fully saturated rings. The van der Waals surface area contributed by atoms with Crippen LogP contribution < -0.4 is 5.32 Å². The molecule has 1 aromatic carbocycles. The van der Waals surface area contributed by atoms with Gasteiger partial charge in [0.25, 0.3) is 0 Å². The molecule has 3 rings (SSSR count). The van der Waals surface area contributed by atoms with Crippen molar-refractivity contribution < 1.29 is 4.39 Å². The molecule has 18 heavy (non-hydrogen) atoms. The van der Waals surface area contributed by atoms with Crippen LogP contribution in [0.2, 0.25) is 0 Å². The first kappa shape index (κ1) is 12.1. The summed E-state index contributed by atoms with van der Waals surface area (Å²) in [6, 6.07) is 8.52. The van der Waals surface area contributed by atoms with Crippen molar-refractivity contribution in [1.82, 2.24) is 10.2 Å². The standard InChI is InChI=1S/C15H21FN2/c1-11(14-4-2-3-5-15(14)16)17-12-8-9-18(10-12)13-6-7-13/h2-5,11-13,17H,6-10H2,1H3/t11-,12?/m1/s1. The Hall–Kier alpha value is -0.930. The van der Waals surface area contributed by atoms with Gasteiger partial charge in [0.05, 0.1) is 0 Å². The molecule has 0 spiro atoms. The third-order valence-electron chi connectivity index (χ3n) is 4.14. The number of benzene rings is 1. The molecule has 0 amide bonds. The van der Waals surface area contributed by atoms with Crippen molar-refractivity contribution in [3.63, 3.8) is 0 Å². The second kappa shape index (κ2) is 4.98. The summed E-state index contributed by atoms with van der Waals surface area (Å²) in [5.74, 6) is -0.102. The predicted octanol–water partition coefficient (Wildman–Crippen LogP) is 2.71. The quantitative estimate of drug-likeness (QED) is 0.881. The van der Waals surface area contributed by atoms with Gasteiger partial charge >= 0.3 is 0 Å². The van der Waals surface area contributed by atoms with Crippen molar-refractivity contribution in [3.05, 3.63) is 35.6 Å². The minimum atomic E-state index is -0.102. The van der Waals surface area contributed by atoms with Crippen molar-refractivity contribution >= 4 is 0 Å². The fraction of sp³-hybridized carbons (Fsp3) is 0.600. The van der Waals surface area contributed by atoms with Crippen molar-refractivity contribution in [2.75, 3.05) is 13.1 Å². The Morgan fingerprint density at radius 1 is 1.28 bits per heavy atom. The average Bonchev–Trinajstić information content (AvgIpc) is 3.11. The van der Waals surface area contributed by atoms with Crippen molar-refractivity contribution in [3.8, 4) is 0 Å². The zero-order valence-electron chi connectivity index (χ0n) is 10.9. The molecule has 2 nitrogen and oxygen atoms in total. The van der Waals surface area contributed by atoms with Crippen LogP contribution in [0.15, 0.2) is 24.3 Å². The highest BCUT2D eigenvalue weighted by molar-refractivity contribution is 5.20. The molecular weight excluding hydrogens is 227 g/mol. The Labute approximate surface area is 108 Å². The molecule has 3 heteroatoms. The summed E-state index contributed by atoms with van der Waals surface area (Å²) >= 11 is 0. The number of nitrogens with zero attached hydrogens (tertiary/aromatic N) is 1. The van der Waals surface area contributed by atoms with E-state index in [2.05, 4.69) is 17.1 Å². The van der Waals surface area contributed by atoms with Gasteiger partial charge in [0.15, 0.2) is 0 Å². The molecule has 1 aromatic rings. The number of likely N-dealkylation sites (tertiary alicyclic amines) is 1. The van der Waals surface area contributed by atoms with Crippen LogP contribution in [0.5, 0.6) is 0 Å². The zero-order chi connectivity index (χ0) is 12.5. The average molecular weight is 248 g/mol. The van der Waals surface area contributed by atoms with Gasteiger partial charge in [0, 0.05) is 36.8 Å². The van der Waals surface area contributed by atoms with Gasteiger partial charge in [-0.1, -0.05) is 18.2 Å². The van der Waals surface area contributed by atoms with E-state index in [0.717, 1.165) is 18.2 Å². The summed E-state index contributed by atoms with van der Waals surface area (Å²) in [7, 11) is 0. The Morgan fingerprint density at radius 2 is 2.06 bits per heavy atom. The topological polar surface area (TPSA) is 15.3 Å². The molecular formula is C15H21FN2. The minimum Gasteiger partial charge on any atom is -0.306 e. The van der Waals surface area contributed by atoms with E-state index >= 15 is 0 Å². The number of nitrogens with one attached hydrogen (secondary N) is 1. The van der Waals surface area contributed by atoms with Crippen LogP contribution in [0, 0.1) is 5.82 Å². The molecule has 1 aliphatic heterocycles. The van der Waals surface area contributed by atoms with Crippen LogP contribution in [0.25, 0.3) is 0 Å². The highest BCUT2D eigenvalue weighted by Gasteiger charge is 2.34. The SMILES string of the molecule is C[C@@H](NC1CCN(C2CC2)C1)c1ccccc1F. The lowest BCUT2D eigenvalue weighted by atomic mass is 10.1. The maximum absolute atomic E-state index is 13.7. The lowest BCUT2D eigenvalue weighted by molar-refractivity contribution is 0.313. The third kappa shape index (κ3) is 2.57. The van der Waals surface area contributed by atoms with Gasteiger partial charge in [-0.3, -0.25) is 4.90 Å². The van der Waals surface area contributed by atoms with Gasteiger partial charge in [-0.2, -0.15) is 0 Å². The fourth-order valence-electron chi connectivity index (χ4n) is 2.96. The molecule has 1 heterocycles. The van der Waals surface area contributed by atoms with Crippen molar-refractivity contribution in [2.45, 2.75) is 44.3 Å². The van der Waals surface area contributed by atoms with Gasteiger partial charge < -0.3 is 5.32 Å². The fourth-order valence-corrected chi connectivity index (χ4v) is 2.96. The molecule has 1 unspecified atom stereocenters. The highest BCUT2D eigenvalue weighted by Crippen LogP contribution is 2.30. The van der Waals surface area contributed by atoms with Crippen molar-refractivity contribution in [2.24, 2.45) is 0 Å². The Kier molecular flexibility index (Phi) is 3.35. The molecule has 0 radical (unpaired) electrons. The van der Waals surface area contributed by atoms with Gasteiger partial charge in [0.2, 0.25) is 0 Å². The van der Waals surface area contributed by atoms with Gasteiger partial charge in [0.1, 0.15) is 5.82 Å². The van der Waals surface area contributed by atoms with Gasteiger partial charge in [-0.15, -0.1) is 0 Å². The Morgan fingerprint density at radius 3 is 2.78 bits per heavy atom.